The number of aromatic nitrogens is 1. The molecule has 2 heteroatoms. The third kappa shape index (κ3) is 0.976. The zero-order valence-electron chi connectivity index (χ0n) is 7.82. The van der Waals surface area contributed by atoms with Crippen molar-refractivity contribution in [2.75, 3.05) is 0 Å². The van der Waals surface area contributed by atoms with E-state index in [0.717, 1.165) is 11.2 Å². The lowest BCUT2D eigenvalue weighted by Gasteiger charge is -2.02. The van der Waals surface area contributed by atoms with Gasteiger partial charge in [0.1, 0.15) is 0 Å². The van der Waals surface area contributed by atoms with Gasteiger partial charge in [-0.15, -0.1) is 11.3 Å². The lowest BCUT2D eigenvalue weighted by atomic mass is 10.1. The summed E-state index contributed by atoms with van der Waals surface area (Å²) in [5.74, 6) is 0. The van der Waals surface area contributed by atoms with Crippen LogP contribution >= 0.6 is 11.3 Å². The van der Waals surface area contributed by atoms with E-state index in [2.05, 4.69) is 46.9 Å². The van der Waals surface area contributed by atoms with Crippen LogP contribution in [-0.2, 0) is 0 Å². The summed E-state index contributed by atoms with van der Waals surface area (Å²) in [6, 6.07) is 8.45. The van der Waals surface area contributed by atoms with Gasteiger partial charge in [-0.3, -0.25) is 4.98 Å². The van der Waals surface area contributed by atoms with Crippen molar-refractivity contribution in [3.05, 3.63) is 40.7 Å². The van der Waals surface area contributed by atoms with Gasteiger partial charge in [0, 0.05) is 27.2 Å². The molecule has 2 aromatic heterocycles. The van der Waals surface area contributed by atoms with Gasteiger partial charge in [-0.2, -0.15) is 0 Å². The second-order valence-corrected chi connectivity index (χ2v) is 4.16. The van der Waals surface area contributed by atoms with Gasteiger partial charge in [0.2, 0.25) is 0 Å². The molecule has 0 unspecified atom stereocenters. The zero-order valence-corrected chi connectivity index (χ0v) is 8.64. The predicted molar refractivity (Wildman–Crippen MR) is 61.9 cm³/mol. The van der Waals surface area contributed by atoms with Crippen LogP contribution < -0.4 is 0 Å². The molecule has 0 atom stereocenters. The van der Waals surface area contributed by atoms with E-state index in [4.69, 9.17) is 0 Å². The first-order valence-electron chi connectivity index (χ1n) is 4.57. The van der Waals surface area contributed by atoms with Gasteiger partial charge in [-0.1, -0.05) is 24.3 Å². The number of thiophene rings is 1. The first kappa shape index (κ1) is 7.94. The summed E-state index contributed by atoms with van der Waals surface area (Å²) in [6.07, 6.45) is 0. The first-order chi connectivity index (χ1) is 6.86. The molecule has 0 bridgehead atoms. The second-order valence-electron chi connectivity index (χ2n) is 3.41. The third-order valence-electron chi connectivity index (χ3n) is 2.54. The van der Waals surface area contributed by atoms with Gasteiger partial charge in [0.15, 0.2) is 0 Å². The highest BCUT2D eigenvalue weighted by atomic mass is 32.1. The van der Waals surface area contributed by atoms with Crippen molar-refractivity contribution in [1.29, 1.82) is 0 Å². The van der Waals surface area contributed by atoms with E-state index >= 15 is 0 Å². The highest BCUT2D eigenvalue weighted by Gasteiger charge is 2.04. The average Bonchev–Trinajstić information content (AvgIpc) is 2.66. The summed E-state index contributed by atoms with van der Waals surface area (Å²) in [5.41, 5.74) is 2.23. The molecule has 3 rings (SSSR count). The van der Waals surface area contributed by atoms with Crippen LogP contribution in [0.1, 0.15) is 5.69 Å². The molecule has 0 aliphatic heterocycles. The Morgan fingerprint density at radius 2 is 1.79 bits per heavy atom. The molecule has 1 nitrogen and oxygen atoms in total. The number of fused-ring (bicyclic) bond motifs is 3. The van der Waals surface area contributed by atoms with Gasteiger partial charge in [-0.05, 0) is 12.3 Å². The number of benzene rings is 1. The Morgan fingerprint density at radius 1 is 1.00 bits per heavy atom. The summed E-state index contributed by atoms with van der Waals surface area (Å²) in [7, 11) is 0. The number of hydrogen-bond donors (Lipinski definition) is 0. The summed E-state index contributed by atoms with van der Waals surface area (Å²) in [4.78, 5) is 4.57. The molecule has 0 saturated carbocycles. The molecule has 0 radical (unpaired) electrons. The SMILES string of the molecule is Cc1nc2cscc2c2ccccc12. The normalized spacial score (nSPS) is 11.2. The number of pyridine rings is 1. The van der Waals surface area contributed by atoms with E-state index in [-0.39, 0.29) is 0 Å². The van der Waals surface area contributed by atoms with Crippen LogP contribution in [0.4, 0.5) is 0 Å². The summed E-state index contributed by atoms with van der Waals surface area (Å²) in [6.45, 7) is 2.07. The quantitative estimate of drug-likeness (QED) is 0.537. The highest BCUT2D eigenvalue weighted by molar-refractivity contribution is 7.09. The lowest BCUT2D eigenvalue weighted by molar-refractivity contribution is 1.30. The standard InChI is InChI=1S/C12H9NS/c1-8-9-4-2-3-5-10(9)11-6-14-7-12(11)13-8/h2-7H,1H3. The van der Waals surface area contributed by atoms with Crippen LogP contribution in [0.5, 0.6) is 0 Å². The zero-order chi connectivity index (χ0) is 9.54. The fourth-order valence-corrected chi connectivity index (χ4v) is 2.61. The monoisotopic (exact) mass is 199 g/mol. The number of aryl methyl sites for hydroxylation is 1. The van der Waals surface area contributed by atoms with Crippen molar-refractivity contribution in [2.45, 2.75) is 6.92 Å². The molecule has 68 valence electrons. The van der Waals surface area contributed by atoms with Crippen LogP contribution in [0.25, 0.3) is 21.7 Å². The Kier molecular flexibility index (Phi) is 1.58. The highest BCUT2D eigenvalue weighted by Crippen LogP contribution is 2.28. The van der Waals surface area contributed by atoms with E-state index in [1.807, 2.05) is 0 Å². The van der Waals surface area contributed by atoms with Gasteiger partial charge in [0.25, 0.3) is 0 Å². The summed E-state index contributed by atoms with van der Waals surface area (Å²) in [5, 5.41) is 8.13. The lowest BCUT2D eigenvalue weighted by Crippen LogP contribution is -1.84. The Hall–Kier alpha value is -1.41. The fraction of sp³-hybridized carbons (Fsp3) is 0.0833. The van der Waals surface area contributed by atoms with Crippen molar-refractivity contribution in [1.82, 2.24) is 4.98 Å². The molecule has 2 heterocycles. The minimum Gasteiger partial charge on any atom is -0.252 e. The molecule has 0 aliphatic rings. The van der Waals surface area contributed by atoms with Gasteiger partial charge in [-0.25, -0.2) is 0 Å². The molecule has 0 saturated heterocycles. The molecular weight excluding hydrogens is 190 g/mol. The molecule has 3 aromatic rings. The molecule has 0 N–H and O–H groups in total. The van der Waals surface area contributed by atoms with Crippen molar-refractivity contribution >= 4 is 33.0 Å². The van der Waals surface area contributed by atoms with Crippen LogP contribution in [0.2, 0.25) is 0 Å². The minimum atomic E-state index is 1.12. The van der Waals surface area contributed by atoms with Crippen LogP contribution in [0, 0.1) is 6.92 Å². The second kappa shape index (κ2) is 2.79. The van der Waals surface area contributed by atoms with Crippen LogP contribution in [-0.4, -0.2) is 4.98 Å². The van der Waals surface area contributed by atoms with E-state index in [1.165, 1.54) is 16.2 Å². The van der Waals surface area contributed by atoms with Gasteiger partial charge in [0.05, 0.1) is 5.52 Å². The van der Waals surface area contributed by atoms with Crippen molar-refractivity contribution in [3.63, 3.8) is 0 Å². The Labute approximate surface area is 86.0 Å². The van der Waals surface area contributed by atoms with Crippen molar-refractivity contribution in [3.8, 4) is 0 Å². The maximum absolute atomic E-state index is 4.57. The average molecular weight is 199 g/mol. The molecule has 0 spiro atoms. The van der Waals surface area contributed by atoms with Gasteiger partial charge >= 0.3 is 0 Å². The molecule has 1 aromatic carbocycles. The molecular formula is C12H9NS. The number of nitrogens with zero attached hydrogens (tertiary/aromatic N) is 1. The molecule has 0 amide bonds. The van der Waals surface area contributed by atoms with Gasteiger partial charge < -0.3 is 0 Å². The maximum Gasteiger partial charge on any atom is 0.0818 e. The van der Waals surface area contributed by atoms with Crippen LogP contribution in [0.3, 0.4) is 0 Å². The molecule has 14 heavy (non-hydrogen) atoms. The summed E-state index contributed by atoms with van der Waals surface area (Å²) < 4.78 is 0. The summed E-state index contributed by atoms with van der Waals surface area (Å²) >= 11 is 1.71. The first-order valence-corrected chi connectivity index (χ1v) is 5.52. The molecule has 0 aliphatic carbocycles. The van der Waals surface area contributed by atoms with Crippen LogP contribution in [0.15, 0.2) is 35.0 Å². The van der Waals surface area contributed by atoms with E-state index in [9.17, 15) is 0 Å². The number of rotatable bonds is 0. The topological polar surface area (TPSA) is 12.9 Å². The van der Waals surface area contributed by atoms with E-state index in [0.29, 0.717) is 0 Å². The fourth-order valence-electron chi connectivity index (χ4n) is 1.85. The maximum atomic E-state index is 4.57. The minimum absolute atomic E-state index is 1.12. The van der Waals surface area contributed by atoms with Crippen molar-refractivity contribution < 1.29 is 0 Å². The number of hydrogen-bond acceptors (Lipinski definition) is 2. The molecule has 0 fully saturated rings. The smallest absolute Gasteiger partial charge is 0.0818 e. The largest absolute Gasteiger partial charge is 0.252 e. The Bertz CT molecular complexity index is 610. The third-order valence-corrected chi connectivity index (χ3v) is 3.27. The van der Waals surface area contributed by atoms with E-state index in [1.54, 1.807) is 11.3 Å². The van der Waals surface area contributed by atoms with Crippen molar-refractivity contribution in [2.24, 2.45) is 0 Å². The van der Waals surface area contributed by atoms with E-state index < -0.39 is 0 Å². The predicted octanol–water partition coefficient (Wildman–Crippen LogP) is 3.76. The Morgan fingerprint density at radius 3 is 2.64 bits per heavy atom. The Balaban J connectivity index is 2.67.